The van der Waals surface area contributed by atoms with Gasteiger partial charge in [0.15, 0.2) is 0 Å². The lowest BCUT2D eigenvalue weighted by molar-refractivity contribution is 1.12. The van der Waals surface area contributed by atoms with Gasteiger partial charge in [-0.25, -0.2) is 9.97 Å². The van der Waals surface area contributed by atoms with Gasteiger partial charge in [-0.15, -0.1) is 0 Å². The molecule has 2 aromatic rings. The Morgan fingerprint density at radius 1 is 1.13 bits per heavy atom. The Labute approximate surface area is 92.0 Å². The van der Waals surface area contributed by atoms with Crippen molar-refractivity contribution in [3.8, 4) is 17.3 Å². The quantitative estimate of drug-likeness (QED) is 0.688. The van der Waals surface area contributed by atoms with Crippen molar-refractivity contribution in [3.63, 3.8) is 0 Å². The number of rotatable bonds is 1. The fourth-order valence-electron chi connectivity index (χ4n) is 1.22. The molecule has 0 fully saturated rings. The van der Waals surface area contributed by atoms with Gasteiger partial charge >= 0.3 is 0 Å². The van der Waals surface area contributed by atoms with Crippen LogP contribution >= 0.6 is 11.6 Å². The van der Waals surface area contributed by atoms with Gasteiger partial charge in [0, 0.05) is 11.6 Å². The summed E-state index contributed by atoms with van der Waals surface area (Å²) >= 11 is 5.78. The molecule has 0 amide bonds. The fourth-order valence-corrected chi connectivity index (χ4v) is 1.41. The summed E-state index contributed by atoms with van der Waals surface area (Å²) in [6, 6.07) is 13.0. The van der Waals surface area contributed by atoms with Gasteiger partial charge in [0.1, 0.15) is 11.2 Å². The first kappa shape index (κ1) is 9.63. The second kappa shape index (κ2) is 4.07. The highest BCUT2D eigenvalue weighted by molar-refractivity contribution is 6.29. The Morgan fingerprint density at radius 3 is 2.53 bits per heavy atom. The predicted molar refractivity (Wildman–Crippen MR) is 57.2 cm³/mol. The molecule has 0 saturated carbocycles. The molecule has 1 heterocycles. The van der Waals surface area contributed by atoms with E-state index in [0.717, 1.165) is 5.56 Å². The van der Waals surface area contributed by atoms with Gasteiger partial charge in [-0.05, 0) is 0 Å². The van der Waals surface area contributed by atoms with Crippen molar-refractivity contribution in [2.75, 3.05) is 0 Å². The van der Waals surface area contributed by atoms with Crippen LogP contribution in [-0.2, 0) is 0 Å². The van der Waals surface area contributed by atoms with E-state index in [-0.39, 0.29) is 11.0 Å². The molecular formula is C11H6ClN3. The van der Waals surface area contributed by atoms with E-state index in [9.17, 15) is 0 Å². The van der Waals surface area contributed by atoms with Gasteiger partial charge in [-0.3, -0.25) is 0 Å². The molecule has 0 atom stereocenters. The third-order valence-corrected chi connectivity index (χ3v) is 2.06. The first-order valence-corrected chi connectivity index (χ1v) is 4.67. The van der Waals surface area contributed by atoms with Crippen LogP contribution in [0.5, 0.6) is 0 Å². The molecule has 0 aliphatic heterocycles. The number of halogens is 1. The molecule has 4 heteroatoms. The SMILES string of the molecule is N#Cc1nc(Cl)cc(-c2ccccc2)n1. The first-order valence-electron chi connectivity index (χ1n) is 4.30. The molecule has 1 aromatic carbocycles. The van der Waals surface area contributed by atoms with E-state index in [4.69, 9.17) is 16.9 Å². The number of benzene rings is 1. The molecule has 0 bridgehead atoms. The summed E-state index contributed by atoms with van der Waals surface area (Å²) in [6.07, 6.45) is 0. The van der Waals surface area contributed by atoms with E-state index in [1.165, 1.54) is 0 Å². The van der Waals surface area contributed by atoms with Gasteiger partial charge in [-0.2, -0.15) is 5.26 Å². The van der Waals surface area contributed by atoms with Gasteiger partial charge in [0.25, 0.3) is 0 Å². The highest BCUT2D eigenvalue weighted by Gasteiger charge is 2.03. The standard InChI is InChI=1S/C11H6ClN3/c12-10-6-9(14-11(7-13)15-10)8-4-2-1-3-5-8/h1-6H. The van der Waals surface area contributed by atoms with Crippen LogP contribution in [0.15, 0.2) is 36.4 Å². The fraction of sp³-hybridized carbons (Fsp3) is 0. The van der Waals surface area contributed by atoms with Crippen molar-refractivity contribution in [2.45, 2.75) is 0 Å². The maximum absolute atomic E-state index is 8.70. The van der Waals surface area contributed by atoms with E-state index in [1.807, 2.05) is 36.4 Å². The molecule has 0 saturated heterocycles. The minimum absolute atomic E-state index is 0.0846. The van der Waals surface area contributed by atoms with Gasteiger partial charge in [0.2, 0.25) is 5.82 Å². The molecule has 0 aliphatic carbocycles. The molecule has 72 valence electrons. The van der Waals surface area contributed by atoms with E-state index in [0.29, 0.717) is 5.69 Å². The third-order valence-electron chi connectivity index (χ3n) is 1.86. The number of hydrogen-bond acceptors (Lipinski definition) is 3. The zero-order chi connectivity index (χ0) is 10.7. The molecule has 0 unspecified atom stereocenters. The molecule has 0 radical (unpaired) electrons. The average molecular weight is 216 g/mol. The number of hydrogen-bond donors (Lipinski definition) is 0. The van der Waals surface area contributed by atoms with Crippen LogP contribution in [0.25, 0.3) is 11.3 Å². The molecular weight excluding hydrogens is 210 g/mol. The smallest absolute Gasteiger partial charge is 0.219 e. The molecule has 0 aliphatic rings. The van der Waals surface area contributed by atoms with Crippen molar-refractivity contribution in [1.82, 2.24) is 9.97 Å². The molecule has 0 N–H and O–H groups in total. The van der Waals surface area contributed by atoms with E-state index < -0.39 is 0 Å². The summed E-state index contributed by atoms with van der Waals surface area (Å²) < 4.78 is 0. The Hall–Kier alpha value is -1.92. The Balaban J connectivity index is 2.55. The topological polar surface area (TPSA) is 49.6 Å². The average Bonchev–Trinajstić information content (AvgIpc) is 2.29. The number of aromatic nitrogens is 2. The van der Waals surface area contributed by atoms with E-state index in [1.54, 1.807) is 6.07 Å². The molecule has 2 rings (SSSR count). The Bertz CT molecular complexity index is 517. The van der Waals surface area contributed by atoms with E-state index in [2.05, 4.69) is 9.97 Å². The van der Waals surface area contributed by atoms with Crippen molar-refractivity contribution in [1.29, 1.82) is 5.26 Å². The molecule has 3 nitrogen and oxygen atoms in total. The zero-order valence-corrected chi connectivity index (χ0v) is 8.44. The van der Waals surface area contributed by atoms with Crippen molar-refractivity contribution in [3.05, 3.63) is 47.4 Å². The summed E-state index contributed by atoms with van der Waals surface area (Å²) in [4.78, 5) is 7.84. The lowest BCUT2D eigenvalue weighted by Crippen LogP contribution is -1.92. The van der Waals surface area contributed by atoms with Gasteiger partial charge < -0.3 is 0 Å². The molecule has 0 spiro atoms. The maximum atomic E-state index is 8.70. The summed E-state index contributed by atoms with van der Waals surface area (Å²) in [7, 11) is 0. The van der Waals surface area contributed by atoms with E-state index >= 15 is 0 Å². The van der Waals surface area contributed by atoms with Crippen LogP contribution < -0.4 is 0 Å². The van der Waals surface area contributed by atoms with Crippen LogP contribution in [0.3, 0.4) is 0 Å². The van der Waals surface area contributed by atoms with Gasteiger partial charge in [-0.1, -0.05) is 41.9 Å². The third kappa shape index (κ3) is 2.12. The van der Waals surface area contributed by atoms with Crippen molar-refractivity contribution in [2.24, 2.45) is 0 Å². The maximum Gasteiger partial charge on any atom is 0.234 e. The second-order valence-electron chi connectivity index (χ2n) is 2.88. The number of nitrogens with zero attached hydrogens (tertiary/aromatic N) is 3. The lowest BCUT2D eigenvalue weighted by Gasteiger charge is -2.00. The van der Waals surface area contributed by atoms with Crippen molar-refractivity contribution < 1.29 is 0 Å². The lowest BCUT2D eigenvalue weighted by atomic mass is 10.1. The van der Waals surface area contributed by atoms with Crippen LogP contribution in [0.4, 0.5) is 0 Å². The molecule has 15 heavy (non-hydrogen) atoms. The minimum Gasteiger partial charge on any atom is -0.219 e. The molecule has 1 aromatic heterocycles. The monoisotopic (exact) mass is 215 g/mol. The van der Waals surface area contributed by atoms with Crippen LogP contribution in [0.1, 0.15) is 5.82 Å². The Morgan fingerprint density at radius 2 is 1.87 bits per heavy atom. The normalized spacial score (nSPS) is 9.60. The van der Waals surface area contributed by atoms with Crippen LogP contribution in [0, 0.1) is 11.3 Å². The summed E-state index contributed by atoms with van der Waals surface area (Å²) in [5.41, 5.74) is 1.57. The van der Waals surface area contributed by atoms with Crippen molar-refractivity contribution >= 4 is 11.6 Å². The van der Waals surface area contributed by atoms with Crippen LogP contribution in [0.2, 0.25) is 5.15 Å². The largest absolute Gasteiger partial charge is 0.234 e. The summed E-state index contributed by atoms with van der Waals surface area (Å²) in [5, 5.41) is 8.98. The van der Waals surface area contributed by atoms with Crippen LogP contribution in [-0.4, -0.2) is 9.97 Å². The first-order chi connectivity index (χ1) is 7.29. The van der Waals surface area contributed by atoms with Gasteiger partial charge in [0.05, 0.1) is 5.69 Å². The summed E-state index contributed by atoms with van der Waals surface area (Å²) in [6.45, 7) is 0. The minimum atomic E-state index is 0.0846. The highest BCUT2D eigenvalue weighted by Crippen LogP contribution is 2.19. The second-order valence-corrected chi connectivity index (χ2v) is 3.26. The zero-order valence-electron chi connectivity index (χ0n) is 7.68. The Kier molecular flexibility index (Phi) is 2.61. The predicted octanol–water partition coefficient (Wildman–Crippen LogP) is 2.67. The summed E-state index contributed by atoms with van der Waals surface area (Å²) in [5.74, 6) is 0.0846. The highest BCUT2D eigenvalue weighted by atomic mass is 35.5. The number of nitriles is 1.